The van der Waals surface area contributed by atoms with Gasteiger partial charge >= 0.3 is 0 Å². The van der Waals surface area contributed by atoms with Gasteiger partial charge < -0.3 is 10.2 Å². The third kappa shape index (κ3) is 2.79. The Morgan fingerprint density at radius 1 is 1.30 bits per heavy atom. The van der Waals surface area contributed by atoms with Gasteiger partial charge in [-0.1, -0.05) is 24.4 Å². The van der Waals surface area contributed by atoms with Crippen molar-refractivity contribution in [2.24, 2.45) is 5.92 Å². The zero-order valence-electron chi connectivity index (χ0n) is 12.2. The van der Waals surface area contributed by atoms with Crippen molar-refractivity contribution >= 4 is 17.4 Å². The van der Waals surface area contributed by atoms with E-state index in [9.17, 15) is 0 Å². The molecule has 110 valence electrons. The second-order valence-electron chi connectivity index (χ2n) is 6.11. The number of rotatable bonds is 3. The van der Waals surface area contributed by atoms with Crippen LogP contribution in [-0.2, 0) is 6.54 Å². The first-order chi connectivity index (χ1) is 9.79. The molecule has 0 bridgehead atoms. The molecule has 1 saturated heterocycles. The summed E-state index contributed by atoms with van der Waals surface area (Å²) < 4.78 is 0. The number of piperidine rings is 1. The van der Waals surface area contributed by atoms with Crippen molar-refractivity contribution in [1.29, 1.82) is 0 Å². The van der Waals surface area contributed by atoms with Gasteiger partial charge in [0, 0.05) is 25.3 Å². The molecule has 2 atom stereocenters. The largest absolute Gasteiger partial charge is 0.353 e. The maximum atomic E-state index is 6.23. The first kappa shape index (κ1) is 14.2. The summed E-state index contributed by atoms with van der Waals surface area (Å²) in [6.07, 6.45) is 10.0. The van der Waals surface area contributed by atoms with E-state index in [1.165, 1.54) is 38.5 Å². The Hall–Kier alpha value is -0.800. The van der Waals surface area contributed by atoms with Gasteiger partial charge in [-0.05, 0) is 50.3 Å². The van der Waals surface area contributed by atoms with Crippen LogP contribution in [0.3, 0.4) is 0 Å². The summed E-state index contributed by atoms with van der Waals surface area (Å²) in [6, 6.07) is 2.88. The van der Waals surface area contributed by atoms with E-state index in [-0.39, 0.29) is 0 Å². The Morgan fingerprint density at radius 3 is 2.95 bits per heavy atom. The van der Waals surface area contributed by atoms with Crippen LogP contribution < -0.4 is 10.2 Å². The summed E-state index contributed by atoms with van der Waals surface area (Å²) in [5, 5.41) is 3.94. The number of anilines is 1. The van der Waals surface area contributed by atoms with E-state index < -0.39 is 0 Å². The summed E-state index contributed by atoms with van der Waals surface area (Å²) in [5.41, 5.74) is 1.15. The van der Waals surface area contributed by atoms with Crippen LogP contribution in [0.1, 0.15) is 44.1 Å². The molecule has 3 nitrogen and oxygen atoms in total. The van der Waals surface area contributed by atoms with Gasteiger partial charge in [0.15, 0.2) is 0 Å². The molecule has 1 N–H and O–H groups in total. The molecule has 2 fully saturated rings. The average Bonchev–Trinajstić information content (AvgIpc) is 2.49. The lowest BCUT2D eigenvalue weighted by Gasteiger charge is -2.45. The van der Waals surface area contributed by atoms with E-state index in [0.717, 1.165) is 35.4 Å². The lowest BCUT2D eigenvalue weighted by Crippen LogP contribution is -2.47. The van der Waals surface area contributed by atoms with E-state index in [0.29, 0.717) is 6.04 Å². The molecule has 2 aliphatic rings. The van der Waals surface area contributed by atoms with Crippen molar-refractivity contribution in [2.75, 3.05) is 18.5 Å². The van der Waals surface area contributed by atoms with Crippen molar-refractivity contribution < 1.29 is 0 Å². The van der Waals surface area contributed by atoms with Crippen LogP contribution in [0, 0.1) is 5.92 Å². The van der Waals surface area contributed by atoms with Gasteiger partial charge in [-0.15, -0.1) is 0 Å². The smallest absolute Gasteiger partial charge is 0.129 e. The second-order valence-corrected chi connectivity index (χ2v) is 6.52. The fourth-order valence-corrected chi connectivity index (χ4v) is 4.03. The summed E-state index contributed by atoms with van der Waals surface area (Å²) in [7, 11) is 1.95. The van der Waals surface area contributed by atoms with Crippen molar-refractivity contribution in [2.45, 2.75) is 51.1 Å². The molecule has 0 aromatic carbocycles. The van der Waals surface area contributed by atoms with Crippen LogP contribution in [0.4, 0.5) is 5.82 Å². The van der Waals surface area contributed by atoms with Gasteiger partial charge in [-0.3, -0.25) is 0 Å². The van der Waals surface area contributed by atoms with E-state index in [2.05, 4.69) is 21.3 Å². The Balaban J connectivity index is 1.85. The highest BCUT2D eigenvalue weighted by Gasteiger charge is 2.33. The van der Waals surface area contributed by atoms with Gasteiger partial charge in [-0.2, -0.15) is 0 Å². The number of aromatic nitrogens is 1. The summed E-state index contributed by atoms with van der Waals surface area (Å²) in [4.78, 5) is 7.15. The van der Waals surface area contributed by atoms with E-state index in [4.69, 9.17) is 11.6 Å². The number of hydrogen-bond donors (Lipinski definition) is 1. The highest BCUT2D eigenvalue weighted by atomic mass is 35.5. The average molecular weight is 294 g/mol. The topological polar surface area (TPSA) is 28.2 Å². The normalized spacial score (nSPS) is 26.4. The minimum atomic E-state index is 0.702. The number of nitrogens with one attached hydrogen (secondary N) is 1. The van der Waals surface area contributed by atoms with Gasteiger partial charge in [0.2, 0.25) is 0 Å². The van der Waals surface area contributed by atoms with Crippen LogP contribution in [0.15, 0.2) is 12.3 Å². The molecule has 1 saturated carbocycles. The van der Waals surface area contributed by atoms with E-state index in [1.807, 2.05) is 13.2 Å². The molecular formula is C16H24ClN3. The molecule has 1 aromatic rings. The van der Waals surface area contributed by atoms with Crippen molar-refractivity contribution in [1.82, 2.24) is 10.3 Å². The van der Waals surface area contributed by atoms with Crippen molar-refractivity contribution in [3.63, 3.8) is 0 Å². The third-order valence-electron chi connectivity index (χ3n) is 4.82. The van der Waals surface area contributed by atoms with Gasteiger partial charge in [0.05, 0.1) is 5.02 Å². The lowest BCUT2D eigenvalue weighted by atomic mass is 9.78. The molecule has 1 aliphatic carbocycles. The fourth-order valence-electron chi connectivity index (χ4n) is 3.86. The number of nitrogens with zero attached hydrogens (tertiary/aromatic N) is 2. The molecule has 0 amide bonds. The monoisotopic (exact) mass is 293 g/mol. The quantitative estimate of drug-likeness (QED) is 0.923. The molecule has 4 heteroatoms. The first-order valence-electron chi connectivity index (χ1n) is 7.85. The van der Waals surface area contributed by atoms with Crippen LogP contribution in [-0.4, -0.2) is 24.6 Å². The van der Waals surface area contributed by atoms with E-state index >= 15 is 0 Å². The molecule has 2 heterocycles. The predicted octanol–water partition coefficient (Wildman–Crippen LogP) is 3.61. The third-order valence-corrected chi connectivity index (χ3v) is 5.17. The van der Waals surface area contributed by atoms with Crippen molar-refractivity contribution in [3.8, 4) is 0 Å². The maximum absolute atomic E-state index is 6.23. The molecular weight excluding hydrogens is 270 g/mol. The predicted molar refractivity (Wildman–Crippen MR) is 84.3 cm³/mol. The minimum absolute atomic E-state index is 0.702. The summed E-state index contributed by atoms with van der Waals surface area (Å²) in [5.74, 6) is 2.00. The van der Waals surface area contributed by atoms with Crippen LogP contribution in [0.2, 0.25) is 5.02 Å². The molecule has 1 aromatic heterocycles. The molecule has 0 radical (unpaired) electrons. The summed E-state index contributed by atoms with van der Waals surface area (Å²) in [6.45, 7) is 1.95. The number of halogens is 1. The number of fused-ring (bicyclic) bond motifs is 1. The van der Waals surface area contributed by atoms with Crippen LogP contribution >= 0.6 is 11.6 Å². The van der Waals surface area contributed by atoms with Crippen molar-refractivity contribution in [3.05, 3.63) is 22.8 Å². The molecule has 0 spiro atoms. The molecule has 20 heavy (non-hydrogen) atoms. The second kappa shape index (κ2) is 6.31. The molecule has 2 unspecified atom stereocenters. The van der Waals surface area contributed by atoms with Crippen LogP contribution in [0.25, 0.3) is 0 Å². The van der Waals surface area contributed by atoms with Gasteiger partial charge in [0.25, 0.3) is 0 Å². The Bertz CT molecular complexity index is 461. The van der Waals surface area contributed by atoms with Gasteiger partial charge in [-0.25, -0.2) is 4.98 Å². The van der Waals surface area contributed by atoms with Gasteiger partial charge in [0.1, 0.15) is 5.82 Å². The Labute approximate surface area is 126 Å². The zero-order valence-corrected chi connectivity index (χ0v) is 13.0. The summed E-state index contributed by atoms with van der Waals surface area (Å²) >= 11 is 6.23. The zero-order chi connectivity index (χ0) is 13.9. The Morgan fingerprint density at radius 2 is 2.10 bits per heavy atom. The molecule has 1 aliphatic heterocycles. The number of hydrogen-bond acceptors (Lipinski definition) is 3. The Kier molecular flexibility index (Phi) is 4.47. The highest BCUT2D eigenvalue weighted by molar-refractivity contribution is 6.31. The minimum Gasteiger partial charge on any atom is -0.353 e. The first-order valence-corrected chi connectivity index (χ1v) is 8.23. The molecule has 3 rings (SSSR count). The number of pyridine rings is 1. The van der Waals surface area contributed by atoms with E-state index in [1.54, 1.807) is 0 Å². The van der Waals surface area contributed by atoms with Crippen LogP contribution in [0.5, 0.6) is 0 Å². The SMILES string of the molecule is CNCc1cc(N2CCCC3CCCCC32)ncc1Cl. The standard InChI is InChI=1S/C16H24ClN3/c1-18-10-13-9-16(19-11-14(13)17)20-8-4-6-12-5-2-3-7-15(12)20/h9,11-12,15,18H,2-8,10H2,1H3. The lowest BCUT2D eigenvalue weighted by molar-refractivity contribution is 0.242. The highest BCUT2D eigenvalue weighted by Crippen LogP contribution is 2.37. The maximum Gasteiger partial charge on any atom is 0.129 e. The fraction of sp³-hybridized carbons (Fsp3) is 0.688.